The summed E-state index contributed by atoms with van der Waals surface area (Å²) >= 11 is 0. The number of carbonyl (C=O) groups excluding carboxylic acids is 1. The van der Waals surface area contributed by atoms with Crippen LogP contribution >= 0.6 is 0 Å². The maximum Gasteiger partial charge on any atom is 0.276 e. The summed E-state index contributed by atoms with van der Waals surface area (Å²) < 4.78 is 5.24. The molecule has 112 valence electrons. The molecule has 0 aliphatic heterocycles. The number of aliphatic hydroxyl groups is 2. The Hall–Kier alpha value is -1.40. The molecular weight excluding hydrogens is 260 g/mol. The minimum atomic E-state index is -0.714. The van der Waals surface area contributed by atoms with E-state index in [9.17, 15) is 15.0 Å². The Kier molecular flexibility index (Phi) is 4.45. The molecule has 0 saturated carbocycles. The SMILES string of the molecule is CN(CC(C)(CO)CO)C(=O)c1noc2c1CCCC2. The van der Waals surface area contributed by atoms with Crippen LogP contribution in [0.3, 0.4) is 0 Å². The van der Waals surface area contributed by atoms with Crippen molar-refractivity contribution in [2.24, 2.45) is 5.41 Å². The highest BCUT2D eigenvalue weighted by Crippen LogP contribution is 2.25. The molecule has 0 bridgehead atoms. The van der Waals surface area contributed by atoms with E-state index in [-0.39, 0.29) is 25.7 Å². The number of hydrogen-bond donors (Lipinski definition) is 2. The molecule has 0 unspecified atom stereocenters. The number of fused-ring (bicyclic) bond motifs is 1. The van der Waals surface area contributed by atoms with Crippen molar-refractivity contribution >= 4 is 5.91 Å². The fourth-order valence-corrected chi connectivity index (χ4v) is 2.53. The van der Waals surface area contributed by atoms with Gasteiger partial charge in [0.05, 0.1) is 13.2 Å². The first-order valence-corrected chi connectivity index (χ1v) is 6.95. The number of rotatable bonds is 5. The molecule has 0 aromatic carbocycles. The lowest BCUT2D eigenvalue weighted by molar-refractivity contribution is 0.0361. The molecule has 1 heterocycles. The molecule has 2 N–H and O–H groups in total. The highest BCUT2D eigenvalue weighted by Gasteiger charge is 2.30. The normalized spacial score (nSPS) is 15.0. The monoisotopic (exact) mass is 282 g/mol. The zero-order valence-corrected chi connectivity index (χ0v) is 12.1. The van der Waals surface area contributed by atoms with Crippen molar-refractivity contribution in [3.8, 4) is 0 Å². The standard InChI is InChI=1S/C14H22N2O4/c1-14(8-17,9-18)7-16(2)13(19)12-10-5-3-4-6-11(10)20-15-12/h17-18H,3-9H2,1-2H3. The first-order chi connectivity index (χ1) is 9.50. The predicted molar refractivity (Wildman–Crippen MR) is 72.4 cm³/mol. The van der Waals surface area contributed by atoms with Crippen LogP contribution < -0.4 is 0 Å². The van der Waals surface area contributed by atoms with Gasteiger partial charge < -0.3 is 19.6 Å². The second kappa shape index (κ2) is 5.93. The third-order valence-electron chi connectivity index (χ3n) is 3.88. The van der Waals surface area contributed by atoms with Crippen LogP contribution in [0.5, 0.6) is 0 Å². The Morgan fingerprint density at radius 2 is 2.00 bits per heavy atom. The van der Waals surface area contributed by atoms with Crippen LogP contribution in [0.2, 0.25) is 0 Å². The molecular formula is C14H22N2O4. The van der Waals surface area contributed by atoms with Gasteiger partial charge in [-0.05, 0) is 19.3 Å². The summed E-state index contributed by atoms with van der Waals surface area (Å²) in [6.45, 7) is 1.63. The third kappa shape index (κ3) is 2.86. The third-order valence-corrected chi connectivity index (χ3v) is 3.88. The number of aromatic nitrogens is 1. The largest absolute Gasteiger partial charge is 0.396 e. The summed E-state index contributed by atoms with van der Waals surface area (Å²) in [4.78, 5) is 13.9. The van der Waals surface area contributed by atoms with Crippen molar-refractivity contribution in [3.05, 3.63) is 17.0 Å². The summed E-state index contributed by atoms with van der Waals surface area (Å²) in [6.07, 6.45) is 3.78. The number of carbonyl (C=O) groups is 1. The molecule has 1 aromatic heterocycles. The molecule has 6 heteroatoms. The first kappa shape index (κ1) is 15.0. The maximum absolute atomic E-state index is 12.4. The Balaban J connectivity index is 2.13. The molecule has 20 heavy (non-hydrogen) atoms. The van der Waals surface area contributed by atoms with Crippen LogP contribution in [0.4, 0.5) is 0 Å². The lowest BCUT2D eigenvalue weighted by Crippen LogP contribution is -2.42. The summed E-state index contributed by atoms with van der Waals surface area (Å²) in [6, 6.07) is 0. The van der Waals surface area contributed by atoms with Gasteiger partial charge >= 0.3 is 0 Å². The van der Waals surface area contributed by atoms with Crippen LogP contribution in [-0.4, -0.2) is 53.0 Å². The number of aliphatic hydroxyl groups excluding tert-OH is 2. The van der Waals surface area contributed by atoms with Crippen molar-refractivity contribution in [2.45, 2.75) is 32.6 Å². The van der Waals surface area contributed by atoms with E-state index in [1.165, 1.54) is 4.90 Å². The van der Waals surface area contributed by atoms with Gasteiger partial charge in [-0.1, -0.05) is 12.1 Å². The quantitative estimate of drug-likeness (QED) is 0.826. The lowest BCUT2D eigenvalue weighted by atomic mass is 9.92. The fourth-order valence-electron chi connectivity index (χ4n) is 2.53. The van der Waals surface area contributed by atoms with Crippen LogP contribution in [0.1, 0.15) is 41.6 Å². The molecule has 1 aliphatic carbocycles. The highest BCUT2D eigenvalue weighted by atomic mass is 16.5. The average molecular weight is 282 g/mol. The van der Waals surface area contributed by atoms with E-state index in [1.54, 1.807) is 14.0 Å². The second-order valence-corrected chi connectivity index (χ2v) is 5.93. The van der Waals surface area contributed by atoms with E-state index < -0.39 is 5.41 Å². The molecule has 1 amide bonds. The Morgan fingerprint density at radius 3 is 2.65 bits per heavy atom. The van der Waals surface area contributed by atoms with E-state index in [4.69, 9.17) is 4.52 Å². The summed E-state index contributed by atoms with van der Waals surface area (Å²) in [7, 11) is 1.65. The predicted octanol–water partition coefficient (Wildman–Crippen LogP) is 0.616. The van der Waals surface area contributed by atoms with Crippen LogP contribution in [0.25, 0.3) is 0 Å². The smallest absolute Gasteiger partial charge is 0.276 e. The van der Waals surface area contributed by atoms with Gasteiger partial charge in [-0.3, -0.25) is 4.79 Å². The highest BCUT2D eigenvalue weighted by molar-refractivity contribution is 5.93. The zero-order valence-electron chi connectivity index (χ0n) is 12.1. The first-order valence-electron chi connectivity index (χ1n) is 6.95. The summed E-state index contributed by atoms with van der Waals surface area (Å²) in [5, 5.41) is 22.5. The van der Waals surface area contributed by atoms with E-state index >= 15 is 0 Å². The van der Waals surface area contributed by atoms with Gasteiger partial charge in [0.25, 0.3) is 5.91 Å². The molecule has 2 rings (SSSR count). The molecule has 1 aliphatic rings. The molecule has 6 nitrogen and oxygen atoms in total. The van der Waals surface area contributed by atoms with Gasteiger partial charge in [0.2, 0.25) is 0 Å². The topological polar surface area (TPSA) is 86.8 Å². The van der Waals surface area contributed by atoms with Gasteiger partial charge in [-0.15, -0.1) is 0 Å². The van der Waals surface area contributed by atoms with Gasteiger partial charge in [0, 0.05) is 31.0 Å². The second-order valence-electron chi connectivity index (χ2n) is 5.93. The van der Waals surface area contributed by atoms with Crippen LogP contribution in [0, 0.1) is 5.41 Å². The number of aryl methyl sites for hydroxylation is 1. The van der Waals surface area contributed by atoms with Crippen molar-refractivity contribution in [1.29, 1.82) is 0 Å². The number of hydrogen-bond acceptors (Lipinski definition) is 5. The fraction of sp³-hybridized carbons (Fsp3) is 0.714. The lowest BCUT2D eigenvalue weighted by Gasteiger charge is -2.30. The Bertz CT molecular complexity index is 480. The van der Waals surface area contributed by atoms with Crippen LogP contribution in [0.15, 0.2) is 4.52 Å². The Labute approximate surface area is 118 Å². The van der Waals surface area contributed by atoms with E-state index in [2.05, 4.69) is 5.16 Å². The number of nitrogens with zero attached hydrogens (tertiary/aromatic N) is 2. The minimum absolute atomic E-state index is 0.182. The van der Waals surface area contributed by atoms with E-state index in [1.807, 2.05) is 0 Å². The van der Waals surface area contributed by atoms with Gasteiger partial charge in [-0.25, -0.2) is 0 Å². The molecule has 0 saturated heterocycles. The van der Waals surface area contributed by atoms with Crippen molar-refractivity contribution in [2.75, 3.05) is 26.8 Å². The number of amides is 1. The molecule has 0 atom stereocenters. The molecule has 0 radical (unpaired) electrons. The molecule has 0 spiro atoms. The van der Waals surface area contributed by atoms with Crippen LogP contribution in [-0.2, 0) is 12.8 Å². The summed E-state index contributed by atoms with van der Waals surface area (Å²) in [5.41, 5.74) is 0.581. The van der Waals surface area contributed by atoms with E-state index in [0.717, 1.165) is 37.0 Å². The van der Waals surface area contributed by atoms with Gasteiger partial charge in [-0.2, -0.15) is 0 Å². The Morgan fingerprint density at radius 1 is 1.35 bits per heavy atom. The van der Waals surface area contributed by atoms with Crippen molar-refractivity contribution < 1.29 is 19.5 Å². The van der Waals surface area contributed by atoms with Gasteiger partial charge in [0.15, 0.2) is 5.69 Å². The minimum Gasteiger partial charge on any atom is -0.396 e. The van der Waals surface area contributed by atoms with Gasteiger partial charge in [0.1, 0.15) is 5.76 Å². The van der Waals surface area contributed by atoms with E-state index in [0.29, 0.717) is 5.69 Å². The maximum atomic E-state index is 12.4. The molecule has 0 fully saturated rings. The summed E-state index contributed by atoms with van der Waals surface area (Å²) in [5.74, 6) is 0.602. The zero-order chi connectivity index (χ0) is 14.8. The average Bonchev–Trinajstić information content (AvgIpc) is 2.90. The van der Waals surface area contributed by atoms with Crippen molar-refractivity contribution in [1.82, 2.24) is 10.1 Å². The molecule has 1 aromatic rings. The van der Waals surface area contributed by atoms with Crippen molar-refractivity contribution in [3.63, 3.8) is 0 Å².